The lowest BCUT2D eigenvalue weighted by Gasteiger charge is -2.44. The van der Waals surface area contributed by atoms with E-state index in [1.54, 1.807) is 19.1 Å². The van der Waals surface area contributed by atoms with Crippen molar-refractivity contribution in [2.45, 2.75) is 31.2 Å². The molecular weight excluding hydrogens is 290 g/mol. The van der Waals surface area contributed by atoms with Gasteiger partial charge in [0.15, 0.2) is 0 Å². The molecule has 1 saturated heterocycles. The SMILES string of the molecule is CCNS(=O)(=O)c1ccc(N)c(N2CCOCC2(C)C)c1. The van der Waals surface area contributed by atoms with Crippen LogP contribution in [0.3, 0.4) is 0 Å². The molecule has 0 saturated carbocycles. The number of nitrogen functional groups attached to an aromatic ring is 1. The summed E-state index contributed by atoms with van der Waals surface area (Å²) in [6.45, 7) is 8.08. The molecule has 0 aliphatic carbocycles. The molecule has 0 spiro atoms. The maximum atomic E-state index is 12.1. The molecule has 1 aliphatic heterocycles. The Morgan fingerprint density at radius 3 is 2.76 bits per heavy atom. The third-order valence-corrected chi connectivity index (χ3v) is 5.13. The quantitative estimate of drug-likeness (QED) is 0.816. The second kappa shape index (κ2) is 5.82. The summed E-state index contributed by atoms with van der Waals surface area (Å²) < 4.78 is 32.3. The van der Waals surface area contributed by atoms with Gasteiger partial charge < -0.3 is 15.4 Å². The Morgan fingerprint density at radius 2 is 2.14 bits per heavy atom. The zero-order valence-electron chi connectivity index (χ0n) is 12.7. The molecule has 6 nitrogen and oxygen atoms in total. The minimum absolute atomic E-state index is 0.229. The summed E-state index contributed by atoms with van der Waals surface area (Å²) in [5.74, 6) is 0. The van der Waals surface area contributed by atoms with Crippen LogP contribution in [0.15, 0.2) is 23.1 Å². The van der Waals surface area contributed by atoms with Crippen LogP contribution in [-0.2, 0) is 14.8 Å². The van der Waals surface area contributed by atoms with Crippen molar-refractivity contribution in [2.75, 3.05) is 36.9 Å². The summed E-state index contributed by atoms with van der Waals surface area (Å²) >= 11 is 0. The average Bonchev–Trinajstić information content (AvgIpc) is 2.39. The topological polar surface area (TPSA) is 84.7 Å². The van der Waals surface area contributed by atoms with E-state index in [0.717, 1.165) is 5.69 Å². The van der Waals surface area contributed by atoms with Gasteiger partial charge in [-0.3, -0.25) is 0 Å². The van der Waals surface area contributed by atoms with Crippen molar-refractivity contribution in [1.29, 1.82) is 0 Å². The molecule has 0 radical (unpaired) electrons. The van der Waals surface area contributed by atoms with Crippen molar-refractivity contribution in [3.63, 3.8) is 0 Å². The van der Waals surface area contributed by atoms with E-state index in [0.29, 0.717) is 32.0 Å². The molecule has 7 heteroatoms. The lowest BCUT2D eigenvalue weighted by atomic mass is 10.0. The Labute approximate surface area is 126 Å². The second-order valence-electron chi connectivity index (χ2n) is 5.74. The first-order chi connectivity index (χ1) is 9.78. The largest absolute Gasteiger partial charge is 0.397 e. The molecule has 1 aromatic carbocycles. The number of hydrogen-bond acceptors (Lipinski definition) is 5. The minimum Gasteiger partial charge on any atom is -0.397 e. The molecule has 3 N–H and O–H groups in total. The van der Waals surface area contributed by atoms with Crippen LogP contribution in [0, 0.1) is 0 Å². The molecule has 0 aromatic heterocycles. The number of nitrogens with one attached hydrogen (secondary N) is 1. The number of nitrogens with zero attached hydrogens (tertiary/aromatic N) is 1. The summed E-state index contributed by atoms with van der Waals surface area (Å²) in [6, 6.07) is 4.82. The highest BCUT2D eigenvalue weighted by atomic mass is 32.2. The number of ether oxygens (including phenoxy) is 1. The van der Waals surface area contributed by atoms with Gasteiger partial charge in [-0.25, -0.2) is 13.1 Å². The van der Waals surface area contributed by atoms with E-state index in [1.807, 2.05) is 0 Å². The highest BCUT2D eigenvalue weighted by Gasteiger charge is 2.32. The predicted octanol–water partition coefficient (Wildman–Crippen LogP) is 1.18. The Morgan fingerprint density at radius 1 is 1.43 bits per heavy atom. The van der Waals surface area contributed by atoms with Crippen molar-refractivity contribution < 1.29 is 13.2 Å². The highest BCUT2D eigenvalue weighted by Crippen LogP contribution is 2.33. The van der Waals surface area contributed by atoms with Gasteiger partial charge in [-0.05, 0) is 32.0 Å². The van der Waals surface area contributed by atoms with Crippen LogP contribution in [-0.4, -0.2) is 40.3 Å². The van der Waals surface area contributed by atoms with E-state index < -0.39 is 10.0 Å². The Hall–Kier alpha value is -1.31. The Bertz CT molecular complexity index is 614. The van der Waals surface area contributed by atoms with Crippen LogP contribution < -0.4 is 15.4 Å². The maximum Gasteiger partial charge on any atom is 0.240 e. The smallest absolute Gasteiger partial charge is 0.240 e. The summed E-state index contributed by atoms with van der Waals surface area (Å²) in [7, 11) is -3.49. The van der Waals surface area contributed by atoms with E-state index in [1.165, 1.54) is 6.07 Å². The third-order valence-electron chi connectivity index (χ3n) is 3.58. The van der Waals surface area contributed by atoms with Crippen LogP contribution in [0.25, 0.3) is 0 Å². The number of anilines is 2. The first-order valence-electron chi connectivity index (χ1n) is 7.02. The Balaban J connectivity index is 2.45. The zero-order valence-corrected chi connectivity index (χ0v) is 13.5. The molecule has 0 unspecified atom stereocenters. The normalized spacial score (nSPS) is 18.7. The van der Waals surface area contributed by atoms with Gasteiger partial charge in [0, 0.05) is 13.1 Å². The van der Waals surface area contributed by atoms with Crippen LogP contribution in [0.4, 0.5) is 11.4 Å². The highest BCUT2D eigenvalue weighted by molar-refractivity contribution is 7.89. The minimum atomic E-state index is -3.49. The van der Waals surface area contributed by atoms with E-state index >= 15 is 0 Å². The maximum absolute atomic E-state index is 12.1. The van der Waals surface area contributed by atoms with Crippen LogP contribution in [0.5, 0.6) is 0 Å². The van der Waals surface area contributed by atoms with Gasteiger partial charge >= 0.3 is 0 Å². The van der Waals surface area contributed by atoms with Crippen LogP contribution >= 0.6 is 0 Å². The lowest BCUT2D eigenvalue weighted by molar-refractivity contribution is 0.0644. The molecule has 21 heavy (non-hydrogen) atoms. The number of nitrogens with two attached hydrogens (primary N) is 1. The summed E-state index contributed by atoms with van der Waals surface area (Å²) in [5.41, 5.74) is 7.14. The number of morpholine rings is 1. The van der Waals surface area contributed by atoms with Gasteiger partial charge in [0.1, 0.15) is 0 Å². The molecule has 1 aliphatic rings. The fourth-order valence-corrected chi connectivity index (χ4v) is 3.56. The zero-order chi connectivity index (χ0) is 15.7. The van der Waals surface area contributed by atoms with Crippen molar-refractivity contribution in [2.24, 2.45) is 0 Å². The van der Waals surface area contributed by atoms with Gasteiger partial charge in [0.25, 0.3) is 0 Å². The molecule has 0 amide bonds. The van der Waals surface area contributed by atoms with E-state index in [9.17, 15) is 8.42 Å². The van der Waals surface area contributed by atoms with Crippen molar-refractivity contribution >= 4 is 21.4 Å². The van der Waals surface area contributed by atoms with E-state index in [-0.39, 0.29) is 10.4 Å². The first-order valence-corrected chi connectivity index (χ1v) is 8.51. The molecule has 1 aromatic rings. The number of rotatable bonds is 4. The van der Waals surface area contributed by atoms with E-state index in [4.69, 9.17) is 10.5 Å². The first kappa shape index (κ1) is 16.1. The van der Waals surface area contributed by atoms with Crippen molar-refractivity contribution in [1.82, 2.24) is 4.72 Å². The average molecular weight is 313 g/mol. The van der Waals surface area contributed by atoms with E-state index in [2.05, 4.69) is 23.5 Å². The molecule has 1 heterocycles. The number of benzene rings is 1. The van der Waals surface area contributed by atoms with Gasteiger partial charge in [-0.15, -0.1) is 0 Å². The number of sulfonamides is 1. The fraction of sp³-hybridized carbons (Fsp3) is 0.571. The molecule has 118 valence electrons. The van der Waals surface area contributed by atoms with Crippen LogP contribution in [0.2, 0.25) is 0 Å². The van der Waals surface area contributed by atoms with Crippen molar-refractivity contribution in [3.05, 3.63) is 18.2 Å². The third kappa shape index (κ3) is 3.30. The lowest BCUT2D eigenvalue weighted by Crippen LogP contribution is -2.53. The van der Waals surface area contributed by atoms with Crippen molar-refractivity contribution in [3.8, 4) is 0 Å². The van der Waals surface area contributed by atoms with Gasteiger partial charge in [0.2, 0.25) is 10.0 Å². The molecule has 0 atom stereocenters. The molecule has 2 rings (SSSR count). The number of hydrogen-bond donors (Lipinski definition) is 2. The van der Waals surface area contributed by atoms with Crippen LogP contribution in [0.1, 0.15) is 20.8 Å². The standard InChI is InChI=1S/C14H23N3O3S/c1-4-16-21(18,19)11-5-6-12(15)13(9-11)17-7-8-20-10-14(17,2)3/h5-6,9,16H,4,7-8,10,15H2,1-3H3. The summed E-state index contributed by atoms with van der Waals surface area (Å²) in [5, 5.41) is 0. The summed E-state index contributed by atoms with van der Waals surface area (Å²) in [4.78, 5) is 2.34. The van der Waals surface area contributed by atoms with Gasteiger partial charge in [0.05, 0.1) is 35.0 Å². The van der Waals surface area contributed by atoms with Gasteiger partial charge in [-0.2, -0.15) is 0 Å². The Kier molecular flexibility index (Phi) is 4.46. The fourth-order valence-electron chi connectivity index (χ4n) is 2.50. The van der Waals surface area contributed by atoms with Gasteiger partial charge in [-0.1, -0.05) is 6.92 Å². The molecule has 0 bridgehead atoms. The second-order valence-corrected chi connectivity index (χ2v) is 7.51. The molecule has 1 fully saturated rings. The predicted molar refractivity (Wildman–Crippen MR) is 84.0 cm³/mol. The summed E-state index contributed by atoms with van der Waals surface area (Å²) in [6.07, 6.45) is 0. The molecular formula is C14H23N3O3S. The monoisotopic (exact) mass is 313 g/mol.